The molecule has 0 aliphatic carbocycles. The van der Waals surface area contributed by atoms with Gasteiger partial charge in [-0.2, -0.15) is 0 Å². The normalized spacial score (nSPS) is 11.4. The van der Waals surface area contributed by atoms with Gasteiger partial charge in [0.2, 0.25) is 5.13 Å². The summed E-state index contributed by atoms with van der Waals surface area (Å²) in [6.07, 6.45) is 1.92. The second kappa shape index (κ2) is 9.15. The van der Waals surface area contributed by atoms with Crippen molar-refractivity contribution in [2.45, 2.75) is 37.5 Å². The van der Waals surface area contributed by atoms with Crippen LogP contribution < -0.4 is 10.0 Å². The molecule has 152 valence electrons. The molecule has 0 bridgehead atoms. The number of hydrogen-bond donors (Lipinski definition) is 2. The lowest BCUT2D eigenvalue weighted by Crippen LogP contribution is -2.15. The maximum Gasteiger partial charge on any atom is 0.261 e. The number of nitrogens with one attached hydrogen (secondary N) is 2. The first-order chi connectivity index (χ1) is 13.9. The molecule has 0 aliphatic heterocycles. The number of sulfonamides is 1. The fourth-order valence-corrected chi connectivity index (χ4v) is 4.87. The number of carbonyl (C=O) groups is 1. The van der Waals surface area contributed by atoms with E-state index in [4.69, 9.17) is 0 Å². The van der Waals surface area contributed by atoms with Crippen molar-refractivity contribution >= 4 is 38.1 Å². The van der Waals surface area contributed by atoms with E-state index in [0.29, 0.717) is 22.3 Å². The Kier molecular flexibility index (Phi) is 6.60. The van der Waals surface area contributed by atoms with E-state index >= 15 is 0 Å². The lowest BCUT2D eigenvalue weighted by molar-refractivity contribution is 0.102. The Bertz CT molecular complexity index is 1080. The molecule has 1 aromatic heterocycles. The Hall–Kier alpha value is -2.78. The van der Waals surface area contributed by atoms with Crippen molar-refractivity contribution in [1.82, 2.24) is 10.2 Å². The van der Waals surface area contributed by atoms with Gasteiger partial charge in [-0.3, -0.25) is 14.8 Å². The highest BCUT2D eigenvalue weighted by molar-refractivity contribution is 7.92. The number of nitrogens with zero attached hydrogens (tertiary/aromatic N) is 2. The van der Waals surface area contributed by atoms with Crippen LogP contribution >= 0.6 is 11.3 Å². The molecule has 1 amide bonds. The summed E-state index contributed by atoms with van der Waals surface area (Å²) in [6, 6.07) is 14.4. The molecule has 7 nitrogen and oxygen atoms in total. The highest BCUT2D eigenvalue weighted by Gasteiger charge is 2.17. The maximum absolute atomic E-state index is 12.6. The van der Waals surface area contributed by atoms with Gasteiger partial charge in [-0.1, -0.05) is 49.4 Å². The number of amides is 1. The predicted octanol–water partition coefficient (Wildman–Crippen LogP) is 4.49. The lowest BCUT2D eigenvalue weighted by atomic mass is 10.1. The smallest absolute Gasteiger partial charge is 0.261 e. The van der Waals surface area contributed by atoms with Crippen LogP contribution in [0.15, 0.2) is 59.5 Å². The number of anilines is 2. The van der Waals surface area contributed by atoms with Gasteiger partial charge in [0.1, 0.15) is 5.01 Å². The third-order valence-corrected chi connectivity index (χ3v) is 6.82. The molecule has 3 aromatic rings. The van der Waals surface area contributed by atoms with Crippen molar-refractivity contribution in [3.05, 3.63) is 65.2 Å². The highest BCUT2D eigenvalue weighted by Crippen LogP contribution is 2.28. The third-order valence-electron chi connectivity index (χ3n) is 4.43. The summed E-state index contributed by atoms with van der Waals surface area (Å²) in [7, 11) is -3.73. The van der Waals surface area contributed by atoms with E-state index < -0.39 is 10.0 Å². The van der Waals surface area contributed by atoms with E-state index in [9.17, 15) is 13.2 Å². The molecule has 0 aliphatic rings. The first kappa shape index (κ1) is 20.9. The standard InChI is InChI=1S/C20H22N4O3S2/c1-3-14(4-2)19-22-23-20(28-19)21-18(25)15-9-8-10-16(13-15)24-29(26,27)17-11-6-5-7-12-17/h5-14,24H,3-4H2,1-2H3,(H,21,23,25). The molecule has 0 unspecified atom stereocenters. The molecule has 2 N–H and O–H groups in total. The molecule has 0 atom stereocenters. The molecule has 0 spiro atoms. The van der Waals surface area contributed by atoms with Crippen molar-refractivity contribution < 1.29 is 13.2 Å². The Morgan fingerprint density at radius 2 is 1.76 bits per heavy atom. The Balaban J connectivity index is 1.73. The molecule has 3 rings (SSSR count). The van der Waals surface area contributed by atoms with E-state index in [-0.39, 0.29) is 10.8 Å². The van der Waals surface area contributed by atoms with Crippen molar-refractivity contribution in [2.75, 3.05) is 10.0 Å². The molecule has 0 saturated carbocycles. The van der Waals surface area contributed by atoms with Gasteiger partial charge < -0.3 is 0 Å². The minimum absolute atomic E-state index is 0.151. The van der Waals surface area contributed by atoms with Crippen LogP contribution in [0.1, 0.15) is 48.0 Å². The molecule has 0 fully saturated rings. The monoisotopic (exact) mass is 430 g/mol. The van der Waals surface area contributed by atoms with Crippen LogP contribution in [0.4, 0.5) is 10.8 Å². The van der Waals surface area contributed by atoms with E-state index in [1.54, 1.807) is 36.4 Å². The number of hydrogen-bond acceptors (Lipinski definition) is 6. The summed E-state index contributed by atoms with van der Waals surface area (Å²) in [5.41, 5.74) is 0.619. The van der Waals surface area contributed by atoms with Crippen LogP contribution in [-0.2, 0) is 10.0 Å². The third kappa shape index (κ3) is 5.18. The second-order valence-corrected chi connectivity index (χ2v) is 9.10. The average Bonchev–Trinajstić information content (AvgIpc) is 3.17. The first-order valence-electron chi connectivity index (χ1n) is 9.25. The first-order valence-corrected chi connectivity index (χ1v) is 11.6. The second-order valence-electron chi connectivity index (χ2n) is 6.41. The van der Waals surface area contributed by atoms with Crippen LogP contribution in [0.3, 0.4) is 0 Å². The topological polar surface area (TPSA) is 101 Å². The Morgan fingerprint density at radius 3 is 2.45 bits per heavy atom. The largest absolute Gasteiger partial charge is 0.296 e. The van der Waals surface area contributed by atoms with Crippen molar-refractivity contribution in [3.8, 4) is 0 Å². The molecule has 29 heavy (non-hydrogen) atoms. The van der Waals surface area contributed by atoms with Gasteiger partial charge in [-0.15, -0.1) is 10.2 Å². The quantitative estimate of drug-likeness (QED) is 0.548. The molecular weight excluding hydrogens is 408 g/mol. The molecule has 1 heterocycles. The van der Waals surface area contributed by atoms with E-state index in [0.717, 1.165) is 17.8 Å². The van der Waals surface area contributed by atoms with Crippen LogP contribution in [0.2, 0.25) is 0 Å². The van der Waals surface area contributed by atoms with Crippen molar-refractivity contribution in [1.29, 1.82) is 0 Å². The minimum atomic E-state index is -3.73. The number of rotatable bonds is 8. The Labute approximate surface area is 174 Å². The van der Waals surface area contributed by atoms with Gasteiger partial charge in [0.15, 0.2) is 0 Å². The average molecular weight is 431 g/mol. The number of carbonyl (C=O) groups excluding carboxylic acids is 1. The summed E-state index contributed by atoms with van der Waals surface area (Å²) in [5.74, 6) is -0.0492. The van der Waals surface area contributed by atoms with Gasteiger partial charge in [-0.05, 0) is 43.2 Å². The lowest BCUT2D eigenvalue weighted by Gasteiger charge is -2.09. The van der Waals surface area contributed by atoms with Crippen LogP contribution in [0, 0.1) is 0 Å². The zero-order chi connectivity index (χ0) is 20.9. The van der Waals surface area contributed by atoms with Gasteiger partial charge in [0, 0.05) is 17.2 Å². The summed E-state index contributed by atoms with van der Waals surface area (Å²) < 4.78 is 27.4. The van der Waals surface area contributed by atoms with E-state index in [1.165, 1.54) is 29.5 Å². The van der Waals surface area contributed by atoms with Gasteiger partial charge in [0.25, 0.3) is 15.9 Å². The predicted molar refractivity (Wildman–Crippen MR) is 115 cm³/mol. The molecular formula is C20H22N4O3S2. The van der Waals surface area contributed by atoms with Crippen LogP contribution in [0.25, 0.3) is 0 Å². The number of aromatic nitrogens is 2. The molecule has 2 aromatic carbocycles. The Morgan fingerprint density at radius 1 is 1.03 bits per heavy atom. The zero-order valence-electron chi connectivity index (χ0n) is 16.1. The van der Waals surface area contributed by atoms with Crippen LogP contribution in [-0.4, -0.2) is 24.5 Å². The van der Waals surface area contributed by atoms with E-state index in [2.05, 4.69) is 34.1 Å². The zero-order valence-corrected chi connectivity index (χ0v) is 17.8. The fourth-order valence-electron chi connectivity index (χ4n) is 2.79. The molecule has 0 radical (unpaired) electrons. The SMILES string of the molecule is CCC(CC)c1nnc(NC(=O)c2cccc(NS(=O)(=O)c3ccccc3)c2)s1. The minimum Gasteiger partial charge on any atom is -0.296 e. The number of benzene rings is 2. The summed E-state index contributed by atoms with van der Waals surface area (Å²) in [4.78, 5) is 12.7. The van der Waals surface area contributed by atoms with Gasteiger partial charge in [-0.25, -0.2) is 8.42 Å². The van der Waals surface area contributed by atoms with Crippen LogP contribution in [0.5, 0.6) is 0 Å². The fraction of sp³-hybridized carbons (Fsp3) is 0.250. The van der Waals surface area contributed by atoms with Gasteiger partial charge >= 0.3 is 0 Å². The maximum atomic E-state index is 12.6. The highest BCUT2D eigenvalue weighted by atomic mass is 32.2. The summed E-state index contributed by atoms with van der Waals surface area (Å²) >= 11 is 1.36. The van der Waals surface area contributed by atoms with Crippen molar-refractivity contribution in [3.63, 3.8) is 0 Å². The van der Waals surface area contributed by atoms with Gasteiger partial charge in [0.05, 0.1) is 4.90 Å². The van der Waals surface area contributed by atoms with E-state index in [1.807, 2.05) is 0 Å². The molecule has 9 heteroatoms. The summed E-state index contributed by atoms with van der Waals surface area (Å²) in [5, 5.41) is 12.3. The molecule has 0 saturated heterocycles. The van der Waals surface area contributed by atoms with Crippen molar-refractivity contribution in [2.24, 2.45) is 0 Å². The summed E-state index contributed by atoms with van der Waals surface area (Å²) in [6.45, 7) is 4.19.